The van der Waals surface area contributed by atoms with Crippen LogP contribution in [-0.2, 0) is 17.3 Å². The van der Waals surface area contributed by atoms with Crippen molar-refractivity contribution in [2.24, 2.45) is 0 Å². The van der Waals surface area contributed by atoms with Crippen molar-refractivity contribution in [1.29, 1.82) is 0 Å². The Kier molecular flexibility index (Phi) is 6.88. The fourth-order valence-corrected chi connectivity index (χ4v) is 4.28. The highest BCUT2D eigenvalue weighted by atomic mass is 19.4. The van der Waals surface area contributed by atoms with Crippen LogP contribution in [0.1, 0.15) is 28.3 Å². The first kappa shape index (κ1) is 23.8. The molecule has 1 unspecified atom stereocenters. The van der Waals surface area contributed by atoms with E-state index in [9.17, 15) is 22.4 Å². The van der Waals surface area contributed by atoms with Crippen LogP contribution < -0.4 is 4.90 Å². The van der Waals surface area contributed by atoms with E-state index >= 15 is 0 Å². The fourth-order valence-electron chi connectivity index (χ4n) is 4.28. The summed E-state index contributed by atoms with van der Waals surface area (Å²) in [4.78, 5) is 17.0. The van der Waals surface area contributed by atoms with Gasteiger partial charge in [-0.05, 0) is 59.5 Å². The minimum absolute atomic E-state index is 0.235. The molecule has 3 aromatic carbocycles. The predicted octanol–water partition coefficient (Wildman–Crippen LogP) is 6.07. The van der Waals surface area contributed by atoms with E-state index in [1.807, 2.05) is 24.3 Å². The summed E-state index contributed by atoms with van der Waals surface area (Å²) in [5.74, 6) is -0.419. The highest BCUT2D eigenvalue weighted by molar-refractivity contribution is 5.92. The maximum atomic E-state index is 13.8. The number of carbonyl (C=O) groups is 1. The number of methoxy groups -OCH3 is 1. The van der Waals surface area contributed by atoms with Crippen molar-refractivity contribution in [3.63, 3.8) is 0 Å². The molecule has 0 radical (unpaired) electrons. The molecule has 0 saturated carbocycles. The highest BCUT2D eigenvalue weighted by Gasteiger charge is 2.36. The van der Waals surface area contributed by atoms with E-state index in [1.54, 1.807) is 4.90 Å². The normalized spacial score (nSPS) is 15.7. The van der Waals surface area contributed by atoms with Crippen LogP contribution in [0.25, 0.3) is 0 Å². The van der Waals surface area contributed by atoms with Crippen molar-refractivity contribution in [2.75, 3.05) is 31.7 Å². The summed E-state index contributed by atoms with van der Waals surface area (Å²) in [7, 11) is 1.52. The van der Waals surface area contributed by atoms with Gasteiger partial charge in [0, 0.05) is 19.3 Å². The Morgan fingerprint density at radius 2 is 1.71 bits per heavy atom. The van der Waals surface area contributed by atoms with Crippen LogP contribution in [0.2, 0.25) is 0 Å². The van der Waals surface area contributed by atoms with Gasteiger partial charge in [0.25, 0.3) is 0 Å². The number of rotatable bonds is 5. The lowest BCUT2D eigenvalue weighted by Crippen LogP contribution is -2.49. The summed E-state index contributed by atoms with van der Waals surface area (Å²) in [6.07, 6.45) is -3.83. The molecule has 178 valence electrons. The fraction of sp³-hybridized carbons (Fsp3) is 0.269. The van der Waals surface area contributed by atoms with Gasteiger partial charge in [0.1, 0.15) is 5.82 Å². The minimum Gasteiger partial charge on any atom is -0.383 e. The number of hydrogen-bond donors (Lipinski definition) is 0. The van der Waals surface area contributed by atoms with E-state index < -0.39 is 23.6 Å². The number of urea groups is 1. The van der Waals surface area contributed by atoms with Crippen LogP contribution >= 0.6 is 0 Å². The molecule has 1 atom stereocenters. The average molecular weight is 472 g/mol. The Labute approximate surface area is 195 Å². The predicted molar refractivity (Wildman–Crippen MR) is 121 cm³/mol. The van der Waals surface area contributed by atoms with Crippen molar-refractivity contribution < 1.29 is 27.1 Å². The molecule has 0 aliphatic carbocycles. The van der Waals surface area contributed by atoms with E-state index in [2.05, 4.69) is 0 Å². The van der Waals surface area contributed by atoms with Crippen LogP contribution in [0.15, 0.2) is 72.8 Å². The van der Waals surface area contributed by atoms with Gasteiger partial charge in [-0.3, -0.25) is 4.90 Å². The lowest BCUT2D eigenvalue weighted by molar-refractivity contribution is -0.137. The summed E-state index contributed by atoms with van der Waals surface area (Å²) in [6.45, 7) is 0.879. The third-order valence-corrected chi connectivity index (χ3v) is 5.97. The number of nitrogens with zero attached hydrogens (tertiary/aromatic N) is 2. The van der Waals surface area contributed by atoms with Crippen molar-refractivity contribution in [3.05, 3.63) is 101 Å². The molecule has 3 aromatic rings. The second kappa shape index (κ2) is 9.85. The Bertz CT molecular complexity index is 1130. The molecule has 0 aromatic heterocycles. The van der Waals surface area contributed by atoms with Gasteiger partial charge >= 0.3 is 12.2 Å². The van der Waals surface area contributed by atoms with E-state index in [1.165, 1.54) is 48.4 Å². The highest BCUT2D eigenvalue weighted by Crippen LogP contribution is 2.38. The van der Waals surface area contributed by atoms with E-state index in [0.29, 0.717) is 24.2 Å². The molecule has 0 spiro atoms. The first-order valence-corrected chi connectivity index (χ1v) is 10.9. The van der Waals surface area contributed by atoms with Gasteiger partial charge in [0.2, 0.25) is 0 Å². The van der Waals surface area contributed by atoms with Crippen LogP contribution in [0.3, 0.4) is 0 Å². The lowest BCUT2D eigenvalue weighted by Gasteiger charge is -2.40. The molecule has 2 amide bonds. The summed E-state index contributed by atoms with van der Waals surface area (Å²) >= 11 is 0. The third kappa shape index (κ3) is 4.92. The number of alkyl halides is 3. The maximum Gasteiger partial charge on any atom is 0.416 e. The third-order valence-electron chi connectivity index (χ3n) is 5.97. The molecule has 0 bridgehead atoms. The van der Waals surface area contributed by atoms with Crippen molar-refractivity contribution in [1.82, 2.24) is 4.90 Å². The SMILES string of the molecule is COCCN(C(=O)N1CCc2ccccc2C1c1ccc(C(F)(F)F)cc1)c1ccc(F)cc1. The van der Waals surface area contributed by atoms with E-state index in [0.717, 1.165) is 23.3 Å². The van der Waals surface area contributed by atoms with Crippen molar-refractivity contribution >= 4 is 11.7 Å². The van der Waals surface area contributed by atoms with E-state index in [4.69, 9.17) is 4.74 Å². The number of fused-ring (bicyclic) bond motifs is 1. The van der Waals surface area contributed by atoms with Crippen LogP contribution in [0.5, 0.6) is 0 Å². The number of anilines is 1. The van der Waals surface area contributed by atoms with Gasteiger partial charge < -0.3 is 9.64 Å². The summed E-state index contributed by atoms with van der Waals surface area (Å²) in [5.41, 5.74) is 2.26. The molecular formula is C26H24F4N2O2. The molecule has 4 rings (SSSR count). The van der Waals surface area contributed by atoms with E-state index in [-0.39, 0.29) is 19.2 Å². The van der Waals surface area contributed by atoms with Gasteiger partial charge in [0.15, 0.2) is 0 Å². The zero-order valence-corrected chi connectivity index (χ0v) is 18.6. The number of carbonyl (C=O) groups excluding carboxylic acids is 1. The Morgan fingerprint density at radius 3 is 2.35 bits per heavy atom. The van der Waals surface area contributed by atoms with Crippen molar-refractivity contribution in [2.45, 2.75) is 18.6 Å². The number of hydrogen-bond acceptors (Lipinski definition) is 2. The smallest absolute Gasteiger partial charge is 0.383 e. The molecule has 4 nitrogen and oxygen atoms in total. The largest absolute Gasteiger partial charge is 0.416 e. The Hall–Kier alpha value is -3.39. The van der Waals surface area contributed by atoms with Crippen molar-refractivity contribution in [3.8, 4) is 0 Å². The molecular weight excluding hydrogens is 448 g/mol. The first-order valence-electron chi connectivity index (χ1n) is 10.9. The minimum atomic E-state index is -4.45. The standard InChI is InChI=1S/C26H24F4N2O2/c1-34-17-16-31(22-12-10-21(27)11-13-22)25(33)32-15-14-18-4-2-3-5-23(18)24(32)19-6-8-20(9-7-19)26(28,29)30/h2-13,24H,14-17H2,1H3. The molecule has 0 fully saturated rings. The number of amides is 2. The average Bonchev–Trinajstić information content (AvgIpc) is 2.84. The number of benzene rings is 3. The molecule has 0 saturated heterocycles. The van der Waals surface area contributed by atoms with Crippen LogP contribution in [0, 0.1) is 5.82 Å². The maximum absolute atomic E-state index is 13.8. The van der Waals surface area contributed by atoms with Crippen LogP contribution in [0.4, 0.5) is 28.0 Å². The summed E-state index contributed by atoms with van der Waals surface area (Å²) < 4.78 is 58.1. The molecule has 8 heteroatoms. The first-order chi connectivity index (χ1) is 16.3. The second-order valence-corrected chi connectivity index (χ2v) is 8.07. The lowest BCUT2D eigenvalue weighted by atomic mass is 9.88. The second-order valence-electron chi connectivity index (χ2n) is 8.07. The monoisotopic (exact) mass is 472 g/mol. The quantitative estimate of drug-likeness (QED) is 0.423. The topological polar surface area (TPSA) is 32.8 Å². The molecule has 1 aliphatic rings. The number of halogens is 4. The zero-order valence-electron chi connectivity index (χ0n) is 18.6. The summed E-state index contributed by atoms with van der Waals surface area (Å²) in [5, 5.41) is 0. The zero-order chi connectivity index (χ0) is 24.3. The molecule has 0 N–H and O–H groups in total. The van der Waals surface area contributed by atoms with Gasteiger partial charge in [0.05, 0.1) is 24.8 Å². The molecule has 34 heavy (non-hydrogen) atoms. The molecule has 1 aliphatic heterocycles. The summed E-state index contributed by atoms with van der Waals surface area (Å²) in [6, 6.07) is 17.3. The van der Waals surface area contributed by atoms with Gasteiger partial charge in [-0.15, -0.1) is 0 Å². The van der Waals surface area contributed by atoms with Crippen LogP contribution in [-0.4, -0.2) is 37.7 Å². The number of ether oxygens (including phenoxy) is 1. The van der Waals surface area contributed by atoms with Gasteiger partial charge in [-0.2, -0.15) is 13.2 Å². The molecule has 1 heterocycles. The van der Waals surface area contributed by atoms with Gasteiger partial charge in [-0.25, -0.2) is 9.18 Å². The van der Waals surface area contributed by atoms with Gasteiger partial charge in [-0.1, -0.05) is 36.4 Å². The Balaban J connectivity index is 1.74. The Morgan fingerprint density at radius 1 is 1.03 bits per heavy atom.